The molecule has 0 aliphatic heterocycles. The highest BCUT2D eigenvalue weighted by atomic mass is 31.2. The minimum absolute atomic E-state index is 0.107. The van der Waals surface area contributed by atoms with Gasteiger partial charge in [0.25, 0.3) is 0 Å². The first kappa shape index (κ1) is 106. The number of rotatable bonds is 87. The van der Waals surface area contributed by atoms with Crippen LogP contribution >= 0.6 is 15.6 Å². The fraction of sp³-hybridized carbons (Fsp3) is 0.955. The van der Waals surface area contributed by atoms with Crippen molar-refractivity contribution < 1.29 is 80.2 Å². The van der Waals surface area contributed by atoms with E-state index in [0.717, 1.165) is 108 Å². The summed E-state index contributed by atoms with van der Waals surface area (Å²) in [6.07, 6.45) is 70.9. The lowest BCUT2D eigenvalue weighted by Gasteiger charge is -2.21. The average Bonchev–Trinajstić information content (AvgIpc) is 0.907. The van der Waals surface area contributed by atoms with Crippen LogP contribution in [-0.4, -0.2) is 96.7 Å². The fourth-order valence-electron chi connectivity index (χ4n) is 13.9. The van der Waals surface area contributed by atoms with Crippen LogP contribution in [0.1, 0.15) is 472 Å². The number of ether oxygens (including phenoxy) is 4. The topological polar surface area (TPSA) is 237 Å². The second-order valence-corrected chi connectivity index (χ2v) is 36.1. The molecule has 0 saturated heterocycles. The van der Waals surface area contributed by atoms with Crippen LogP contribution in [0.25, 0.3) is 0 Å². The lowest BCUT2D eigenvalue weighted by Crippen LogP contribution is -2.30. The maximum absolute atomic E-state index is 13.2. The Labute approximate surface area is 664 Å². The van der Waals surface area contributed by atoms with Gasteiger partial charge in [-0.3, -0.25) is 37.3 Å². The fourth-order valence-corrected chi connectivity index (χ4v) is 15.4. The number of aliphatic hydroxyl groups excluding tert-OH is 1. The van der Waals surface area contributed by atoms with E-state index in [1.807, 2.05) is 0 Å². The van der Waals surface area contributed by atoms with Crippen LogP contribution in [0.15, 0.2) is 0 Å². The molecule has 642 valence electrons. The van der Waals surface area contributed by atoms with Crippen molar-refractivity contribution in [3.05, 3.63) is 0 Å². The molecule has 0 aliphatic carbocycles. The van der Waals surface area contributed by atoms with Gasteiger partial charge in [-0.2, -0.15) is 0 Å². The summed E-state index contributed by atoms with van der Waals surface area (Å²) in [4.78, 5) is 73.3. The molecular weight excluding hydrogens is 1400 g/mol. The van der Waals surface area contributed by atoms with E-state index in [2.05, 4.69) is 48.5 Å². The number of esters is 4. The van der Waals surface area contributed by atoms with Crippen molar-refractivity contribution in [2.45, 2.75) is 491 Å². The van der Waals surface area contributed by atoms with Crippen LogP contribution in [0.4, 0.5) is 0 Å². The predicted molar refractivity (Wildman–Crippen MR) is 446 cm³/mol. The van der Waals surface area contributed by atoms with Gasteiger partial charge in [0.15, 0.2) is 12.2 Å². The minimum Gasteiger partial charge on any atom is -0.462 e. The molecule has 6 atom stereocenters. The van der Waals surface area contributed by atoms with Crippen molar-refractivity contribution in [3.63, 3.8) is 0 Å². The van der Waals surface area contributed by atoms with Crippen LogP contribution in [0.5, 0.6) is 0 Å². The van der Waals surface area contributed by atoms with Crippen LogP contribution in [0.3, 0.4) is 0 Å². The average molecular weight is 1580 g/mol. The highest BCUT2D eigenvalue weighted by molar-refractivity contribution is 7.47. The van der Waals surface area contributed by atoms with Gasteiger partial charge >= 0.3 is 39.5 Å². The molecule has 0 bridgehead atoms. The lowest BCUT2D eigenvalue weighted by molar-refractivity contribution is -0.161. The van der Waals surface area contributed by atoms with Gasteiger partial charge < -0.3 is 33.8 Å². The number of aliphatic hydroxyl groups is 1. The first-order valence-corrected chi connectivity index (χ1v) is 48.9. The van der Waals surface area contributed by atoms with E-state index in [0.29, 0.717) is 25.7 Å². The summed E-state index contributed by atoms with van der Waals surface area (Å²) in [5.74, 6) is 0.269. The number of carbonyl (C=O) groups is 4. The Morgan fingerprint density at radius 1 is 0.269 bits per heavy atom. The van der Waals surface area contributed by atoms with Crippen molar-refractivity contribution in [1.82, 2.24) is 0 Å². The van der Waals surface area contributed by atoms with Gasteiger partial charge in [-0.25, -0.2) is 9.13 Å². The van der Waals surface area contributed by atoms with Crippen molar-refractivity contribution in [1.29, 1.82) is 0 Å². The monoisotopic (exact) mass is 1580 g/mol. The SMILES string of the molecule is CCCCCCCCCCCCCCCCCCCCCCCCC(=O)O[C@H](COC(=O)CCCCCCCCCCCCCCCCC(C)CC)COP(=O)(O)OC[C@@H](O)COP(=O)(O)OC[C@@H](COC(=O)CCCCCCCCCCC(C)C)OC(=O)CCCCCCCCCCCCCCCCC(C)C. The molecule has 0 saturated carbocycles. The molecule has 0 aromatic carbocycles. The number of phosphoric ester groups is 2. The van der Waals surface area contributed by atoms with Crippen molar-refractivity contribution in [2.24, 2.45) is 17.8 Å². The van der Waals surface area contributed by atoms with E-state index < -0.39 is 97.5 Å². The molecule has 0 aromatic rings. The summed E-state index contributed by atoms with van der Waals surface area (Å²) in [7, 11) is -9.93. The minimum atomic E-state index is -4.97. The third kappa shape index (κ3) is 80.7. The van der Waals surface area contributed by atoms with Gasteiger partial charge in [-0.05, 0) is 43.4 Å². The molecule has 3 N–H and O–H groups in total. The maximum atomic E-state index is 13.2. The van der Waals surface area contributed by atoms with Crippen molar-refractivity contribution in [2.75, 3.05) is 39.6 Å². The summed E-state index contributed by atoms with van der Waals surface area (Å²) in [6.45, 7) is 12.0. The molecule has 0 heterocycles. The molecule has 0 aromatic heterocycles. The Kier molecular flexibility index (Phi) is 77.5. The molecule has 0 spiro atoms. The second kappa shape index (κ2) is 78.9. The molecule has 0 radical (unpaired) electrons. The summed E-state index contributed by atoms with van der Waals surface area (Å²) >= 11 is 0. The van der Waals surface area contributed by atoms with Gasteiger partial charge in [0.1, 0.15) is 19.3 Å². The second-order valence-electron chi connectivity index (χ2n) is 33.2. The number of phosphoric acid groups is 2. The van der Waals surface area contributed by atoms with Gasteiger partial charge in [-0.15, -0.1) is 0 Å². The Morgan fingerprint density at radius 2 is 0.472 bits per heavy atom. The zero-order valence-corrected chi connectivity index (χ0v) is 73.1. The maximum Gasteiger partial charge on any atom is 0.472 e. The standard InChI is InChI=1S/C89H174O17P2/c1-8-10-11-12-13-14-15-16-17-18-19-20-21-22-23-24-32-37-42-51-58-65-72-88(93)105-84(76-99-86(91)70-63-56-49-41-36-31-28-26-30-35-40-48-55-62-69-82(7)9-2)78-103-107(95,96)101-74-83(90)75-102-108(97,98)104-79-85(77-100-87(92)71-64-57-50-45-44-47-54-61-68-81(5)6)106-89(94)73-66-59-52-43-38-33-27-25-29-34-39-46-53-60-67-80(3)4/h80-85,90H,8-79H2,1-7H3,(H,95,96)(H,97,98)/t82?,83-,84-,85-/m1/s1. The molecule has 3 unspecified atom stereocenters. The Bertz CT molecular complexity index is 2080. The molecule has 0 aliphatic rings. The summed E-state index contributed by atoms with van der Waals surface area (Å²) in [6, 6.07) is 0. The number of hydrogen-bond donors (Lipinski definition) is 3. The zero-order chi connectivity index (χ0) is 79.3. The first-order chi connectivity index (χ1) is 52.3. The van der Waals surface area contributed by atoms with Crippen LogP contribution < -0.4 is 0 Å². The van der Waals surface area contributed by atoms with E-state index >= 15 is 0 Å². The van der Waals surface area contributed by atoms with E-state index in [9.17, 15) is 43.2 Å². The van der Waals surface area contributed by atoms with E-state index in [4.69, 9.17) is 37.0 Å². The Balaban J connectivity index is 5.24. The zero-order valence-electron chi connectivity index (χ0n) is 71.3. The summed E-state index contributed by atoms with van der Waals surface area (Å²) < 4.78 is 69.0. The molecular formula is C89H174O17P2. The summed E-state index contributed by atoms with van der Waals surface area (Å²) in [5.41, 5.74) is 0. The molecule has 0 amide bonds. The first-order valence-electron chi connectivity index (χ1n) is 45.9. The molecule has 0 fully saturated rings. The van der Waals surface area contributed by atoms with Gasteiger partial charge in [0, 0.05) is 25.7 Å². The van der Waals surface area contributed by atoms with E-state index in [1.165, 1.54) is 283 Å². The molecule has 0 rings (SSSR count). The quantitative estimate of drug-likeness (QED) is 0.0222. The van der Waals surface area contributed by atoms with Crippen LogP contribution in [0, 0.1) is 17.8 Å². The summed E-state index contributed by atoms with van der Waals surface area (Å²) in [5, 5.41) is 10.7. The van der Waals surface area contributed by atoms with E-state index in [-0.39, 0.29) is 25.7 Å². The van der Waals surface area contributed by atoms with Crippen LogP contribution in [-0.2, 0) is 65.4 Å². The molecule has 108 heavy (non-hydrogen) atoms. The molecule has 19 heteroatoms. The highest BCUT2D eigenvalue weighted by Gasteiger charge is 2.31. The number of unbranched alkanes of at least 4 members (excludes halogenated alkanes) is 54. The lowest BCUT2D eigenvalue weighted by atomic mass is 9.99. The van der Waals surface area contributed by atoms with Crippen molar-refractivity contribution >= 4 is 39.5 Å². The Morgan fingerprint density at radius 3 is 0.704 bits per heavy atom. The predicted octanol–water partition coefficient (Wildman–Crippen LogP) is 27.3. The highest BCUT2D eigenvalue weighted by Crippen LogP contribution is 2.45. The Hall–Kier alpha value is -1.94. The normalized spacial score (nSPS) is 14.1. The third-order valence-corrected chi connectivity index (χ3v) is 23.1. The van der Waals surface area contributed by atoms with Gasteiger partial charge in [0.05, 0.1) is 26.4 Å². The van der Waals surface area contributed by atoms with Gasteiger partial charge in [-0.1, -0.05) is 421 Å². The van der Waals surface area contributed by atoms with Crippen molar-refractivity contribution in [3.8, 4) is 0 Å². The smallest absolute Gasteiger partial charge is 0.462 e. The largest absolute Gasteiger partial charge is 0.472 e. The van der Waals surface area contributed by atoms with Crippen LogP contribution in [0.2, 0.25) is 0 Å². The van der Waals surface area contributed by atoms with Gasteiger partial charge in [0.2, 0.25) is 0 Å². The number of hydrogen-bond acceptors (Lipinski definition) is 15. The third-order valence-electron chi connectivity index (χ3n) is 21.2. The van der Waals surface area contributed by atoms with E-state index in [1.54, 1.807) is 0 Å². The molecule has 17 nitrogen and oxygen atoms in total. The number of carbonyl (C=O) groups excluding carboxylic acids is 4.